The second-order valence-corrected chi connectivity index (χ2v) is 8.71. The number of carbonyl (C=O) groups is 1. The predicted octanol–water partition coefficient (Wildman–Crippen LogP) is 5.44. The number of rotatable bonds is 7. The maximum Gasteiger partial charge on any atom is 0.257 e. The zero-order valence-corrected chi connectivity index (χ0v) is 20.9. The summed E-state index contributed by atoms with van der Waals surface area (Å²) in [4.78, 5) is 17.2. The first-order chi connectivity index (χ1) is 16.9. The number of ether oxygens (including phenoxy) is 2. The second-order valence-electron chi connectivity index (χ2n) is 8.30. The van der Waals surface area contributed by atoms with Crippen LogP contribution in [0.4, 0.5) is 0 Å². The zero-order valence-electron chi connectivity index (χ0n) is 20.0. The molecule has 2 N–H and O–H groups in total. The third-order valence-corrected chi connectivity index (χ3v) is 5.85. The molecule has 3 aromatic carbocycles. The van der Waals surface area contributed by atoms with Crippen LogP contribution in [0.3, 0.4) is 0 Å². The first-order valence-electron chi connectivity index (χ1n) is 11.2. The van der Waals surface area contributed by atoms with Gasteiger partial charge in [0.25, 0.3) is 5.91 Å². The van der Waals surface area contributed by atoms with Crippen molar-refractivity contribution >= 4 is 34.3 Å². The van der Waals surface area contributed by atoms with E-state index in [1.165, 1.54) is 12.7 Å². The standard InChI is InChI=1S/C27H27N3O4S/c1-16(2)19-9-11-22-21(13-19)29-26(34-22)18-7-5-17(6-8-18)15-28-27(35)30-25(31)20-10-12-23(32-3)24(14-20)33-4/h5-14,16H,15H2,1-4H3,(H2,28,30,31,35). The number of benzene rings is 3. The van der Waals surface area contributed by atoms with Crippen molar-refractivity contribution in [2.45, 2.75) is 26.3 Å². The van der Waals surface area contributed by atoms with Crippen molar-refractivity contribution < 1.29 is 18.7 Å². The maximum absolute atomic E-state index is 12.5. The summed E-state index contributed by atoms with van der Waals surface area (Å²) in [5.74, 6) is 1.69. The molecule has 0 fully saturated rings. The Morgan fingerprint density at radius 3 is 2.43 bits per heavy atom. The van der Waals surface area contributed by atoms with Crippen molar-refractivity contribution in [3.8, 4) is 23.0 Å². The SMILES string of the molecule is COc1ccc(C(=O)NC(=S)NCc2ccc(-c3nc4cc(C(C)C)ccc4o3)cc2)cc1OC. The van der Waals surface area contributed by atoms with Crippen molar-refractivity contribution in [1.29, 1.82) is 0 Å². The Balaban J connectivity index is 1.35. The summed E-state index contributed by atoms with van der Waals surface area (Å²) in [7, 11) is 3.06. The molecule has 0 bridgehead atoms. The summed E-state index contributed by atoms with van der Waals surface area (Å²) in [6.07, 6.45) is 0. The van der Waals surface area contributed by atoms with E-state index in [4.69, 9.17) is 26.1 Å². The molecule has 0 radical (unpaired) electrons. The van der Waals surface area contributed by atoms with E-state index in [2.05, 4.69) is 41.6 Å². The van der Waals surface area contributed by atoms with E-state index in [1.54, 1.807) is 25.3 Å². The Morgan fingerprint density at radius 2 is 1.74 bits per heavy atom. The number of aromatic nitrogens is 1. The number of fused-ring (bicyclic) bond motifs is 1. The monoisotopic (exact) mass is 489 g/mol. The highest BCUT2D eigenvalue weighted by Crippen LogP contribution is 2.28. The Morgan fingerprint density at radius 1 is 1.00 bits per heavy atom. The second kappa shape index (κ2) is 10.6. The van der Waals surface area contributed by atoms with Crippen molar-refractivity contribution in [2.24, 2.45) is 0 Å². The molecule has 4 rings (SSSR count). The molecule has 0 aliphatic heterocycles. The van der Waals surface area contributed by atoms with Crippen LogP contribution in [-0.4, -0.2) is 30.2 Å². The third-order valence-electron chi connectivity index (χ3n) is 5.61. The Kier molecular flexibility index (Phi) is 7.31. The molecule has 0 aliphatic carbocycles. The van der Waals surface area contributed by atoms with E-state index in [1.807, 2.05) is 30.3 Å². The fourth-order valence-corrected chi connectivity index (χ4v) is 3.74. The molecule has 0 saturated carbocycles. The van der Waals surface area contributed by atoms with Gasteiger partial charge < -0.3 is 19.2 Å². The van der Waals surface area contributed by atoms with Crippen molar-refractivity contribution in [2.75, 3.05) is 14.2 Å². The Hall–Kier alpha value is -3.91. The smallest absolute Gasteiger partial charge is 0.257 e. The number of nitrogens with zero attached hydrogens (tertiary/aromatic N) is 1. The number of amides is 1. The lowest BCUT2D eigenvalue weighted by Gasteiger charge is -2.12. The van der Waals surface area contributed by atoms with E-state index in [0.717, 1.165) is 22.2 Å². The van der Waals surface area contributed by atoms with Gasteiger partial charge in [-0.25, -0.2) is 4.98 Å². The van der Waals surface area contributed by atoms with Crippen LogP contribution < -0.4 is 20.1 Å². The number of hydrogen-bond acceptors (Lipinski definition) is 6. The van der Waals surface area contributed by atoms with Gasteiger partial charge in [0.1, 0.15) is 5.52 Å². The summed E-state index contributed by atoms with van der Waals surface area (Å²) in [6, 6.07) is 18.9. The number of methoxy groups -OCH3 is 2. The summed E-state index contributed by atoms with van der Waals surface area (Å²) in [5.41, 5.74) is 5.15. The lowest BCUT2D eigenvalue weighted by atomic mass is 10.0. The predicted molar refractivity (Wildman–Crippen MR) is 140 cm³/mol. The lowest BCUT2D eigenvalue weighted by molar-refractivity contribution is 0.0976. The van der Waals surface area contributed by atoms with Crippen molar-refractivity contribution in [3.05, 3.63) is 77.4 Å². The molecule has 35 heavy (non-hydrogen) atoms. The van der Waals surface area contributed by atoms with Crippen LogP contribution in [0.2, 0.25) is 0 Å². The Bertz CT molecular complexity index is 1360. The van der Waals surface area contributed by atoms with E-state index < -0.39 is 0 Å². The first-order valence-corrected chi connectivity index (χ1v) is 11.6. The number of nitrogens with one attached hydrogen (secondary N) is 2. The summed E-state index contributed by atoms with van der Waals surface area (Å²) in [5, 5.41) is 5.96. The summed E-state index contributed by atoms with van der Waals surface area (Å²) in [6.45, 7) is 4.77. The minimum Gasteiger partial charge on any atom is -0.493 e. The van der Waals surface area contributed by atoms with Gasteiger partial charge in [0, 0.05) is 17.7 Å². The van der Waals surface area contributed by atoms with Gasteiger partial charge in [-0.2, -0.15) is 0 Å². The molecular weight excluding hydrogens is 462 g/mol. The molecule has 1 aromatic heterocycles. The highest BCUT2D eigenvalue weighted by Gasteiger charge is 2.13. The average Bonchev–Trinajstić information content (AvgIpc) is 3.30. The van der Waals surface area contributed by atoms with Crippen LogP contribution in [0.5, 0.6) is 11.5 Å². The van der Waals surface area contributed by atoms with Gasteiger partial charge in [-0.3, -0.25) is 10.1 Å². The minimum atomic E-state index is -0.338. The van der Waals surface area contributed by atoms with Gasteiger partial charge in [0.05, 0.1) is 14.2 Å². The molecule has 1 amide bonds. The van der Waals surface area contributed by atoms with Crippen LogP contribution in [0, 0.1) is 0 Å². The van der Waals surface area contributed by atoms with E-state index in [-0.39, 0.29) is 11.0 Å². The molecule has 0 atom stereocenters. The molecule has 4 aromatic rings. The van der Waals surface area contributed by atoms with Gasteiger partial charge in [0.2, 0.25) is 5.89 Å². The molecule has 0 saturated heterocycles. The number of oxazole rings is 1. The van der Waals surface area contributed by atoms with Gasteiger partial charge in [0.15, 0.2) is 22.2 Å². The molecule has 1 heterocycles. The highest BCUT2D eigenvalue weighted by atomic mass is 32.1. The van der Waals surface area contributed by atoms with Crippen LogP contribution in [0.25, 0.3) is 22.6 Å². The molecule has 0 aliphatic rings. The molecule has 0 spiro atoms. The highest BCUT2D eigenvalue weighted by molar-refractivity contribution is 7.80. The maximum atomic E-state index is 12.5. The number of hydrogen-bond donors (Lipinski definition) is 2. The van der Waals surface area contributed by atoms with E-state index >= 15 is 0 Å². The van der Waals surface area contributed by atoms with Gasteiger partial charge in [-0.15, -0.1) is 0 Å². The molecule has 8 heteroatoms. The molecular formula is C27H27N3O4S. The average molecular weight is 490 g/mol. The third kappa shape index (κ3) is 5.60. The fraction of sp³-hybridized carbons (Fsp3) is 0.222. The Labute approximate surface area is 209 Å². The lowest BCUT2D eigenvalue weighted by Crippen LogP contribution is -2.38. The van der Waals surface area contributed by atoms with Crippen molar-refractivity contribution in [1.82, 2.24) is 15.6 Å². The largest absolute Gasteiger partial charge is 0.493 e. The normalized spacial score (nSPS) is 10.9. The van der Waals surface area contributed by atoms with Crippen LogP contribution in [0.15, 0.2) is 65.1 Å². The molecule has 0 unspecified atom stereocenters. The molecule has 7 nitrogen and oxygen atoms in total. The van der Waals surface area contributed by atoms with Gasteiger partial charge in [-0.05, 0) is 71.7 Å². The van der Waals surface area contributed by atoms with Crippen LogP contribution in [0.1, 0.15) is 41.3 Å². The minimum absolute atomic E-state index is 0.230. The topological polar surface area (TPSA) is 85.6 Å². The van der Waals surface area contributed by atoms with Crippen LogP contribution in [-0.2, 0) is 6.54 Å². The summed E-state index contributed by atoms with van der Waals surface area (Å²) < 4.78 is 16.4. The number of thiocarbonyl (C=S) groups is 1. The van der Waals surface area contributed by atoms with E-state index in [0.29, 0.717) is 35.4 Å². The first kappa shape index (κ1) is 24.2. The zero-order chi connectivity index (χ0) is 24.9. The van der Waals surface area contributed by atoms with Gasteiger partial charge >= 0.3 is 0 Å². The fourth-order valence-electron chi connectivity index (χ4n) is 3.57. The van der Waals surface area contributed by atoms with Crippen LogP contribution >= 0.6 is 12.2 Å². The number of carbonyl (C=O) groups excluding carboxylic acids is 1. The molecule has 180 valence electrons. The van der Waals surface area contributed by atoms with Gasteiger partial charge in [-0.1, -0.05) is 32.0 Å². The van der Waals surface area contributed by atoms with Crippen molar-refractivity contribution in [3.63, 3.8) is 0 Å². The quantitative estimate of drug-likeness (QED) is 0.334. The summed E-state index contributed by atoms with van der Waals surface area (Å²) >= 11 is 5.28. The van der Waals surface area contributed by atoms with E-state index in [9.17, 15) is 4.79 Å².